The third kappa shape index (κ3) is 13.0. The largest absolute Gasteiger partial charge is 0.0622 e. The zero-order chi connectivity index (χ0) is 27.0. The Balaban J connectivity index is 0. The molecule has 4 aromatic carbocycles. The van der Waals surface area contributed by atoms with Gasteiger partial charge in [-0.25, -0.2) is 0 Å². The summed E-state index contributed by atoms with van der Waals surface area (Å²) in [5.74, 6) is 0. The van der Waals surface area contributed by atoms with Gasteiger partial charge < -0.3 is 0 Å². The molecule has 0 spiro atoms. The van der Waals surface area contributed by atoms with Gasteiger partial charge in [0.05, 0.1) is 0 Å². The average molecular weight is 606 g/mol. The molecular formula is C30H24MoO4P2. The monoisotopic (exact) mass is 608 g/mol. The third-order valence-electron chi connectivity index (χ3n) is 4.82. The van der Waals surface area contributed by atoms with Crippen molar-refractivity contribution < 1.29 is 39.7 Å². The molecule has 0 aliphatic rings. The number of hydrogen-bond donors (Lipinski definition) is 0. The maximum atomic E-state index is 7.50. The normalized spacial score (nSPS) is 8.59. The second-order valence-electron chi connectivity index (χ2n) is 6.65. The van der Waals surface area contributed by atoms with Crippen LogP contribution in [-0.2, 0) is 39.7 Å². The summed E-state index contributed by atoms with van der Waals surface area (Å²) >= 11 is 0. The Morgan fingerprint density at radius 2 is 0.514 bits per heavy atom. The molecule has 4 aromatic rings. The molecule has 37 heavy (non-hydrogen) atoms. The zero-order valence-corrected chi connectivity index (χ0v) is 23.7. The molecule has 0 saturated heterocycles. The molecule has 0 radical (unpaired) electrons. The van der Waals surface area contributed by atoms with Crippen molar-refractivity contribution in [1.82, 2.24) is 0 Å². The van der Waals surface area contributed by atoms with Crippen molar-refractivity contribution in [1.29, 1.82) is 0 Å². The van der Waals surface area contributed by atoms with Crippen LogP contribution in [0.3, 0.4) is 0 Å². The fourth-order valence-electron chi connectivity index (χ4n) is 3.45. The van der Waals surface area contributed by atoms with Crippen LogP contribution in [0.1, 0.15) is 0 Å². The van der Waals surface area contributed by atoms with Gasteiger partial charge in [-0.05, 0) is 49.4 Å². The number of benzene rings is 4. The molecule has 7 heteroatoms. The van der Waals surface area contributed by atoms with Crippen molar-refractivity contribution in [3.63, 3.8) is 0 Å². The number of hydrogen-bond acceptors (Lipinski definition) is 0. The SMILES string of the molecule is [C-]#[O+].[C-]#[O+].[C-]#[O+].[C-]#[O+].[Mo].c1ccc(P(CCP(c2ccccc2)c2ccccc2)c2ccccc2)cc1. The molecule has 0 fully saturated rings. The Bertz CT molecular complexity index is 964. The molecule has 0 bridgehead atoms. The van der Waals surface area contributed by atoms with E-state index < -0.39 is 0 Å². The van der Waals surface area contributed by atoms with E-state index in [1.807, 2.05) is 0 Å². The first kappa shape index (κ1) is 36.5. The molecule has 0 amide bonds. The van der Waals surface area contributed by atoms with Crippen molar-refractivity contribution in [2.45, 2.75) is 0 Å². The van der Waals surface area contributed by atoms with Crippen LogP contribution < -0.4 is 21.2 Å². The Labute approximate surface area is 236 Å². The molecule has 0 atom stereocenters. The van der Waals surface area contributed by atoms with Crippen LogP contribution in [0.25, 0.3) is 0 Å². The van der Waals surface area contributed by atoms with E-state index in [4.69, 9.17) is 18.6 Å². The van der Waals surface area contributed by atoms with Gasteiger partial charge in [0.2, 0.25) is 0 Å². The van der Waals surface area contributed by atoms with E-state index in [9.17, 15) is 0 Å². The molecule has 184 valence electrons. The van der Waals surface area contributed by atoms with Crippen molar-refractivity contribution in [3.05, 3.63) is 148 Å². The second kappa shape index (κ2) is 25.1. The van der Waals surface area contributed by atoms with Crippen LogP contribution in [0.2, 0.25) is 0 Å². The van der Waals surface area contributed by atoms with E-state index in [2.05, 4.69) is 148 Å². The Kier molecular flexibility index (Phi) is 24.7. The van der Waals surface area contributed by atoms with E-state index in [1.165, 1.54) is 33.5 Å². The summed E-state index contributed by atoms with van der Waals surface area (Å²) < 4.78 is 30.0. The van der Waals surface area contributed by atoms with Crippen molar-refractivity contribution in [2.75, 3.05) is 12.3 Å². The smallest absolute Gasteiger partial charge is 0 e. The summed E-state index contributed by atoms with van der Waals surface area (Å²) in [4.78, 5) is 0. The van der Waals surface area contributed by atoms with Gasteiger partial charge in [0.1, 0.15) is 0 Å². The second-order valence-corrected chi connectivity index (χ2v) is 11.3. The Morgan fingerprint density at radius 3 is 0.676 bits per heavy atom. The first-order valence-corrected chi connectivity index (χ1v) is 13.5. The molecule has 0 aliphatic carbocycles. The van der Waals surface area contributed by atoms with E-state index in [-0.39, 0.29) is 36.9 Å². The fraction of sp³-hybridized carbons (Fsp3) is 0.0667. The van der Waals surface area contributed by atoms with Gasteiger partial charge in [-0.15, -0.1) is 0 Å². The van der Waals surface area contributed by atoms with Gasteiger partial charge in [0.15, 0.2) is 0 Å². The van der Waals surface area contributed by atoms with Crippen LogP contribution in [0.4, 0.5) is 0 Å². The fourth-order valence-corrected chi connectivity index (χ4v) is 8.80. The molecule has 4 nitrogen and oxygen atoms in total. The molecular weight excluding hydrogens is 582 g/mol. The Morgan fingerprint density at radius 1 is 0.351 bits per heavy atom. The molecule has 0 heterocycles. The van der Waals surface area contributed by atoms with Gasteiger partial charge in [-0.3, -0.25) is 0 Å². The summed E-state index contributed by atoms with van der Waals surface area (Å²) in [6, 6.07) is 44.2. The predicted molar refractivity (Wildman–Crippen MR) is 144 cm³/mol. The van der Waals surface area contributed by atoms with Gasteiger partial charge in [-0.2, -0.15) is 0 Å². The summed E-state index contributed by atoms with van der Waals surface area (Å²) in [5, 5.41) is 5.89. The van der Waals surface area contributed by atoms with E-state index in [1.54, 1.807) is 0 Å². The third-order valence-corrected chi connectivity index (χ3v) is 10.2. The predicted octanol–water partition coefficient (Wildman–Crippen LogP) is 5.10. The molecule has 0 unspecified atom stereocenters. The van der Waals surface area contributed by atoms with Crippen LogP contribution in [0, 0.1) is 26.6 Å². The minimum atomic E-state index is -0.348. The van der Waals surface area contributed by atoms with Crippen molar-refractivity contribution in [3.8, 4) is 0 Å². The molecule has 0 saturated carbocycles. The maximum absolute atomic E-state index is 7.50. The van der Waals surface area contributed by atoms with Crippen LogP contribution in [-0.4, -0.2) is 12.3 Å². The zero-order valence-electron chi connectivity index (χ0n) is 19.9. The minimum absolute atomic E-state index is 0. The molecule has 0 aromatic heterocycles. The van der Waals surface area contributed by atoms with Gasteiger partial charge in [0, 0.05) is 21.1 Å². The van der Waals surface area contributed by atoms with Crippen molar-refractivity contribution in [2.24, 2.45) is 0 Å². The van der Waals surface area contributed by atoms with Gasteiger partial charge >= 0.3 is 45.2 Å². The Hall–Kier alpha value is -2.61. The van der Waals surface area contributed by atoms with E-state index in [0.717, 1.165) is 0 Å². The molecule has 0 aliphatic heterocycles. The molecule has 0 N–H and O–H groups in total. The molecule has 4 rings (SSSR count). The number of rotatable bonds is 7. The summed E-state index contributed by atoms with van der Waals surface area (Å²) in [6.45, 7) is 18.0. The van der Waals surface area contributed by atoms with E-state index >= 15 is 0 Å². The van der Waals surface area contributed by atoms with Crippen LogP contribution >= 0.6 is 15.8 Å². The first-order valence-electron chi connectivity index (χ1n) is 10.5. The quantitative estimate of drug-likeness (QED) is 0.122. The summed E-state index contributed by atoms with van der Waals surface area (Å²) in [5.41, 5.74) is 0. The van der Waals surface area contributed by atoms with Crippen molar-refractivity contribution >= 4 is 37.1 Å². The topological polar surface area (TPSA) is 79.6 Å². The van der Waals surface area contributed by atoms with Gasteiger partial charge in [0.25, 0.3) is 0 Å². The summed E-state index contributed by atoms with van der Waals surface area (Å²) in [6.07, 6.45) is 2.41. The van der Waals surface area contributed by atoms with Gasteiger partial charge in [-0.1, -0.05) is 121 Å². The van der Waals surface area contributed by atoms with Crippen LogP contribution in [0.15, 0.2) is 121 Å². The minimum Gasteiger partial charge on any atom is -0.0622 e. The first-order chi connectivity index (χ1) is 17.9. The van der Waals surface area contributed by atoms with Crippen LogP contribution in [0.5, 0.6) is 0 Å². The maximum Gasteiger partial charge on any atom is 0 e. The van der Waals surface area contributed by atoms with E-state index in [0.29, 0.717) is 0 Å². The summed E-state index contributed by atoms with van der Waals surface area (Å²) in [7, 11) is -0.696. The standard InChI is InChI=1S/C26H24P2.4CO.Mo/c1-5-13-23(14-6-1)27(24-15-7-2-8-16-24)21-22-28(25-17-9-3-10-18-25)26-19-11-4-12-20-26;4*1-2;/h1-20H,21-22H2;;;;;. The average Bonchev–Trinajstić information content (AvgIpc) is 3.01.